The smallest absolute Gasteiger partial charge is 0.387 e. The molecule has 3 amide bonds. The fraction of sp³-hybridized carbons (Fsp3) is 0.360. The van der Waals surface area contributed by atoms with E-state index in [1.807, 2.05) is 0 Å². The normalized spacial score (nSPS) is 13.9. The Morgan fingerprint density at radius 2 is 1.79 bits per heavy atom. The quantitative estimate of drug-likeness (QED) is 0.172. The van der Waals surface area contributed by atoms with Crippen molar-refractivity contribution in [2.45, 2.75) is 46.8 Å². The first-order valence-electron chi connectivity index (χ1n) is 11.6. The number of pyridine rings is 1. The van der Waals surface area contributed by atoms with E-state index in [4.69, 9.17) is 11.6 Å². The van der Waals surface area contributed by atoms with E-state index >= 15 is 0 Å². The number of hydrogen-bond acceptors (Lipinski definition) is 7. The number of alkyl halides is 3. The molecule has 0 bridgehead atoms. The molecule has 0 spiro atoms. The monoisotopic (exact) mass is 569 g/mol. The zero-order chi connectivity index (χ0) is 29.8. The van der Waals surface area contributed by atoms with Crippen molar-refractivity contribution in [2.24, 2.45) is 9.98 Å². The van der Waals surface area contributed by atoms with Crippen LogP contribution in [0, 0.1) is 0 Å². The molecule has 212 valence electrons. The van der Waals surface area contributed by atoms with Gasteiger partial charge in [-0.15, -0.1) is 0 Å². The summed E-state index contributed by atoms with van der Waals surface area (Å²) in [5.41, 5.74) is -0.257. The molecule has 14 heteroatoms. The second-order valence-corrected chi connectivity index (χ2v) is 8.46. The number of rotatable bonds is 12. The predicted octanol–water partition coefficient (Wildman–Crippen LogP) is 3.78. The molecule has 1 rings (SSSR count). The van der Waals surface area contributed by atoms with Crippen LogP contribution in [0.2, 0.25) is 5.02 Å². The van der Waals surface area contributed by atoms with E-state index in [0.29, 0.717) is 30.6 Å². The number of carbonyl (C=O) groups excluding carboxylic acids is 3. The van der Waals surface area contributed by atoms with Crippen molar-refractivity contribution in [3.8, 4) is 0 Å². The van der Waals surface area contributed by atoms with Crippen LogP contribution < -0.4 is 21.3 Å². The van der Waals surface area contributed by atoms with Crippen molar-refractivity contribution < 1.29 is 27.6 Å². The molecule has 1 atom stereocenters. The highest BCUT2D eigenvalue weighted by Gasteiger charge is 2.34. The van der Waals surface area contributed by atoms with Gasteiger partial charge >= 0.3 is 6.18 Å². The van der Waals surface area contributed by atoms with Crippen molar-refractivity contribution in [3.05, 3.63) is 59.2 Å². The third-order valence-electron chi connectivity index (χ3n) is 4.90. The van der Waals surface area contributed by atoms with E-state index in [2.05, 4.69) is 42.8 Å². The van der Waals surface area contributed by atoms with Crippen LogP contribution in [0.5, 0.6) is 0 Å². The maximum atomic E-state index is 13.1. The lowest BCUT2D eigenvalue weighted by molar-refractivity contribution is -0.137. The average molecular weight is 570 g/mol. The first kappa shape index (κ1) is 33.0. The van der Waals surface area contributed by atoms with Gasteiger partial charge in [-0.25, -0.2) is 4.98 Å². The lowest BCUT2D eigenvalue weighted by atomic mass is 10.2. The van der Waals surface area contributed by atoms with Gasteiger partial charge in [0.2, 0.25) is 5.91 Å². The second kappa shape index (κ2) is 15.4. The SMILES string of the molecule is C=C/N=C(\C=C(/C)NCCNC(C)=O)C(=O)NC(C)/C(C)=N/C(=C\C)C(=O)Nc1cc(C(F)(F)F)c(Cl)cn1. The Morgan fingerprint density at radius 3 is 2.36 bits per heavy atom. The number of aliphatic imine (C=N–C) groups is 2. The van der Waals surface area contributed by atoms with Crippen LogP contribution in [0.15, 0.2) is 58.6 Å². The molecule has 10 nitrogen and oxygen atoms in total. The van der Waals surface area contributed by atoms with Gasteiger partial charge in [0.05, 0.1) is 16.6 Å². The van der Waals surface area contributed by atoms with Gasteiger partial charge in [0.15, 0.2) is 0 Å². The van der Waals surface area contributed by atoms with E-state index in [1.54, 1.807) is 20.8 Å². The minimum absolute atomic E-state index is 0.0486. The molecular weight excluding hydrogens is 539 g/mol. The van der Waals surface area contributed by atoms with E-state index in [9.17, 15) is 27.6 Å². The maximum Gasteiger partial charge on any atom is 0.418 e. The molecule has 0 saturated carbocycles. The van der Waals surface area contributed by atoms with Crippen molar-refractivity contribution in [1.29, 1.82) is 0 Å². The van der Waals surface area contributed by atoms with Crippen LogP contribution in [0.25, 0.3) is 0 Å². The largest absolute Gasteiger partial charge is 0.418 e. The third-order valence-corrected chi connectivity index (χ3v) is 5.20. The summed E-state index contributed by atoms with van der Waals surface area (Å²) in [7, 11) is 0. The number of hydrogen-bond donors (Lipinski definition) is 4. The predicted molar refractivity (Wildman–Crippen MR) is 145 cm³/mol. The Balaban J connectivity index is 2.93. The molecule has 0 aliphatic carbocycles. The summed E-state index contributed by atoms with van der Waals surface area (Å²) in [6, 6.07) is -0.0281. The summed E-state index contributed by atoms with van der Waals surface area (Å²) in [5, 5.41) is 10.1. The molecule has 0 radical (unpaired) electrons. The number of nitrogens with zero attached hydrogens (tertiary/aromatic N) is 3. The number of aromatic nitrogens is 1. The first-order chi connectivity index (χ1) is 18.2. The highest BCUT2D eigenvalue weighted by molar-refractivity contribution is 6.44. The van der Waals surface area contributed by atoms with E-state index in [1.165, 1.54) is 32.2 Å². The Kier molecular flexibility index (Phi) is 13.1. The lowest BCUT2D eigenvalue weighted by Gasteiger charge is -2.15. The molecule has 1 heterocycles. The Morgan fingerprint density at radius 1 is 1.15 bits per heavy atom. The fourth-order valence-electron chi connectivity index (χ4n) is 2.83. The summed E-state index contributed by atoms with van der Waals surface area (Å²) >= 11 is 5.56. The fourth-order valence-corrected chi connectivity index (χ4v) is 3.04. The van der Waals surface area contributed by atoms with Crippen LogP contribution in [-0.4, -0.2) is 53.3 Å². The van der Waals surface area contributed by atoms with Crippen molar-refractivity contribution in [3.63, 3.8) is 0 Å². The molecule has 0 aliphatic rings. The zero-order valence-electron chi connectivity index (χ0n) is 22.2. The number of amides is 3. The van der Waals surface area contributed by atoms with Crippen molar-refractivity contribution >= 4 is 46.6 Å². The topological polar surface area (TPSA) is 137 Å². The second-order valence-electron chi connectivity index (χ2n) is 8.06. The molecule has 0 aliphatic heterocycles. The minimum Gasteiger partial charge on any atom is -0.387 e. The molecule has 0 saturated heterocycles. The molecule has 1 aromatic rings. The van der Waals surface area contributed by atoms with Gasteiger partial charge in [-0.3, -0.25) is 24.4 Å². The summed E-state index contributed by atoms with van der Waals surface area (Å²) in [5.74, 6) is -1.87. The Hall–Kier alpha value is -4.00. The standard InChI is InChI=1S/C25H31ClF3N7O3/c1-7-20(23(38)36-22-12-18(25(27,28)29)19(26)13-33-22)34-15(4)16(5)35-24(39)21(30-8-2)11-14(3)31-9-10-32-17(6)37/h7-8,11-13,16,31H,2,9-10H2,1,3-6H3,(H,32,37)(H,35,39)(H,33,36,38)/b14-11+,20-7-,30-21+,34-15+. The number of carbonyl (C=O) groups is 3. The van der Waals surface area contributed by atoms with Crippen molar-refractivity contribution in [2.75, 3.05) is 18.4 Å². The minimum atomic E-state index is -4.73. The summed E-state index contributed by atoms with van der Waals surface area (Å²) in [6.07, 6.45) is 0.132. The molecule has 4 N–H and O–H groups in total. The number of halogens is 4. The van der Waals surface area contributed by atoms with Crippen molar-refractivity contribution in [1.82, 2.24) is 20.9 Å². The van der Waals surface area contributed by atoms with E-state index in [-0.39, 0.29) is 23.1 Å². The van der Waals surface area contributed by atoms with Gasteiger partial charge in [0.1, 0.15) is 17.2 Å². The average Bonchev–Trinajstić information content (AvgIpc) is 2.84. The van der Waals surface area contributed by atoms with Gasteiger partial charge in [-0.1, -0.05) is 24.3 Å². The van der Waals surface area contributed by atoms with Crippen LogP contribution in [0.1, 0.15) is 40.2 Å². The van der Waals surface area contributed by atoms with Crippen LogP contribution >= 0.6 is 11.6 Å². The number of nitrogens with one attached hydrogen (secondary N) is 4. The third kappa shape index (κ3) is 11.5. The maximum absolute atomic E-state index is 13.1. The van der Waals surface area contributed by atoms with E-state index < -0.39 is 34.6 Å². The van der Waals surface area contributed by atoms with Gasteiger partial charge in [-0.05, 0) is 39.8 Å². The molecule has 1 aromatic heterocycles. The van der Waals surface area contributed by atoms with Crippen LogP contribution in [0.4, 0.5) is 19.0 Å². The number of anilines is 1. The highest BCUT2D eigenvalue weighted by Crippen LogP contribution is 2.35. The zero-order valence-corrected chi connectivity index (χ0v) is 22.9. The number of allylic oxidation sites excluding steroid dienone is 2. The van der Waals surface area contributed by atoms with Gasteiger partial charge in [0, 0.05) is 43.8 Å². The van der Waals surface area contributed by atoms with E-state index in [0.717, 1.165) is 6.20 Å². The highest BCUT2D eigenvalue weighted by atomic mass is 35.5. The molecule has 1 unspecified atom stereocenters. The molecule has 0 fully saturated rings. The van der Waals surface area contributed by atoms with Gasteiger partial charge in [0.25, 0.3) is 11.8 Å². The Labute approximate surface area is 229 Å². The Bertz CT molecular complexity index is 1210. The van der Waals surface area contributed by atoms with Gasteiger partial charge in [-0.2, -0.15) is 13.2 Å². The van der Waals surface area contributed by atoms with Crippen LogP contribution in [0.3, 0.4) is 0 Å². The summed E-state index contributed by atoms with van der Waals surface area (Å²) < 4.78 is 39.3. The molecule has 39 heavy (non-hydrogen) atoms. The van der Waals surface area contributed by atoms with Gasteiger partial charge < -0.3 is 21.3 Å². The lowest BCUT2D eigenvalue weighted by Crippen LogP contribution is -2.41. The van der Waals surface area contributed by atoms with Crippen LogP contribution in [-0.2, 0) is 20.6 Å². The summed E-state index contributed by atoms with van der Waals surface area (Å²) in [6.45, 7) is 12.2. The molecule has 0 aromatic carbocycles. The molecular formula is C25H31ClF3N7O3. The first-order valence-corrected chi connectivity index (χ1v) is 12.0. The summed E-state index contributed by atoms with van der Waals surface area (Å²) in [4.78, 5) is 48.3.